The topological polar surface area (TPSA) is 83.6 Å². The Hall–Kier alpha value is -1.10. The molecule has 2 unspecified atom stereocenters. The lowest BCUT2D eigenvalue weighted by molar-refractivity contribution is -0.147. The smallest absolute Gasteiger partial charge is 0.321 e. The molecule has 0 radical (unpaired) electrons. The lowest BCUT2D eigenvalue weighted by Crippen LogP contribution is -2.50. The Morgan fingerprint density at radius 3 is 2.67 bits per heavy atom. The van der Waals surface area contributed by atoms with Crippen LogP contribution in [0.25, 0.3) is 0 Å². The van der Waals surface area contributed by atoms with Gasteiger partial charge in [-0.25, -0.2) is 0 Å². The van der Waals surface area contributed by atoms with Gasteiger partial charge in [0.25, 0.3) is 0 Å². The van der Waals surface area contributed by atoms with Gasteiger partial charge in [0, 0.05) is 6.04 Å². The van der Waals surface area contributed by atoms with E-state index in [0.717, 1.165) is 25.8 Å². The second-order valence-electron chi connectivity index (χ2n) is 4.11. The van der Waals surface area contributed by atoms with E-state index < -0.39 is 17.9 Å². The van der Waals surface area contributed by atoms with E-state index in [1.165, 1.54) is 0 Å². The van der Waals surface area contributed by atoms with Gasteiger partial charge in [0.1, 0.15) is 6.04 Å². The molecule has 3 N–H and O–H groups in total. The normalized spacial score (nSPS) is 24.7. The van der Waals surface area contributed by atoms with Gasteiger partial charge in [-0.1, -0.05) is 6.42 Å². The third-order valence-electron chi connectivity index (χ3n) is 2.93. The first-order valence-electron chi connectivity index (χ1n) is 5.29. The first kappa shape index (κ1) is 12.0. The number of rotatable bonds is 4. The largest absolute Gasteiger partial charge is 0.480 e. The standard InChI is InChI=1S/C10H18N2O3/c1-7-4-2-3-5-12(7)8(10(14)15)6-9(11)13/h7-8H,2-6H2,1H3,(H2,11,13)(H,14,15). The molecule has 2 atom stereocenters. The van der Waals surface area contributed by atoms with Crippen molar-refractivity contribution in [2.45, 2.75) is 44.7 Å². The highest BCUT2D eigenvalue weighted by molar-refractivity contribution is 5.83. The second kappa shape index (κ2) is 5.11. The second-order valence-corrected chi connectivity index (χ2v) is 4.11. The van der Waals surface area contributed by atoms with Gasteiger partial charge in [0.15, 0.2) is 0 Å². The van der Waals surface area contributed by atoms with Gasteiger partial charge in [-0.2, -0.15) is 0 Å². The van der Waals surface area contributed by atoms with Crippen molar-refractivity contribution in [3.63, 3.8) is 0 Å². The van der Waals surface area contributed by atoms with E-state index in [0.29, 0.717) is 0 Å². The Bertz CT molecular complexity index is 255. The van der Waals surface area contributed by atoms with Gasteiger partial charge in [0.2, 0.25) is 5.91 Å². The van der Waals surface area contributed by atoms with Crippen molar-refractivity contribution in [1.82, 2.24) is 4.90 Å². The van der Waals surface area contributed by atoms with Crippen LogP contribution in [0.1, 0.15) is 32.6 Å². The minimum Gasteiger partial charge on any atom is -0.480 e. The molecule has 1 fully saturated rings. The first-order valence-corrected chi connectivity index (χ1v) is 5.29. The molecule has 0 saturated carbocycles. The molecule has 0 aromatic rings. The molecule has 1 aliphatic rings. The first-order chi connectivity index (χ1) is 7.02. The number of likely N-dealkylation sites (tertiary alicyclic amines) is 1. The molecule has 5 nitrogen and oxygen atoms in total. The average molecular weight is 214 g/mol. The lowest BCUT2D eigenvalue weighted by atomic mass is 9.99. The molecule has 0 aromatic carbocycles. The summed E-state index contributed by atoms with van der Waals surface area (Å²) in [6.45, 7) is 2.74. The van der Waals surface area contributed by atoms with Gasteiger partial charge in [-0.3, -0.25) is 14.5 Å². The van der Waals surface area contributed by atoms with Crippen molar-refractivity contribution in [2.75, 3.05) is 6.54 Å². The molecule has 0 aliphatic carbocycles. The van der Waals surface area contributed by atoms with E-state index in [9.17, 15) is 9.59 Å². The fourth-order valence-electron chi connectivity index (χ4n) is 2.12. The number of primary amides is 1. The van der Waals surface area contributed by atoms with Crippen molar-refractivity contribution in [3.8, 4) is 0 Å². The zero-order valence-electron chi connectivity index (χ0n) is 8.98. The molecule has 0 aromatic heterocycles. The minimum atomic E-state index is -0.956. The Balaban J connectivity index is 2.68. The van der Waals surface area contributed by atoms with Crippen LogP contribution in [0.5, 0.6) is 0 Å². The van der Waals surface area contributed by atoms with Crippen LogP contribution < -0.4 is 5.73 Å². The van der Waals surface area contributed by atoms with Gasteiger partial charge < -0.3 is 10.8 Å². The molecule has 1 amide bonds. The van der Waals surface area contributed by atoms with Gasteiger partial charge in [-0.15, -0.1) is 0 Å². The maximum Gasteiger partial charge on any atom is 0.321 e. The highest BCUT2D eigenvalue weighted by Gasteiger charge is 2.31. The van der Waals surface area contributed by atoms with Crippen LogP contribution in [0.4, 0.5) is 0 Å². The Labute approximate surface area is 89.2 Å². The molecule has 15 heavy (non-hydrogen) atoms. The molecule has 1 aliphatic heterocycles. The van der Waals surface area contributed by atoms with Crippen molar-refractivity contribution in [2.24, 2.45) is 5.73 Å². The van der Waals surface area contributed by atoms with E-state index in [1.54, 1.807) is 0 Å². The highest BCUT2D eigenvalue weighted by Crippen LogP contribution is 2.20. The zero-order valence-corrected chi connectivity index (χ0v) is 8.98. The van der Waals surface area contributed by atoms with Crippen molar-refractivity contribution < 1.29 is 14.7 Å². The van der Waals surface area contributed by atoms with Crippen molar-refractivity contribution in [1.29, 1.82) is 0 Å². The summed E-state index contributed by atoms with van der Waals surface area (Å²) < 4.78 is 0. The third-order valence-corrected chi connectivity index (χ3v) is 2.93. The number of hydrogen-bond acceptors (Lipinski definition) is 3. The quantitative estimate of drug-likeness (QED) is 0.699. The van der Waals surface area contributed by atoms with Crippen LogP contribution in [-0.2, 0) is 9.59 Å². The van der Waals surface area contributed by atoms with Crippen LogP contribution in [0.15, 0.2) is 0 Å². The monoisotopic (exact) mass is 214 g/mol. The highest BCUT2D eigenvalue weighted by atomic mass is 16.4. The van der Waals surface area contributed by atoms with Crippen molar-refractivity contribution in [3.05, 3.63) is 0 Å². The molecular formula is C10H18N2O3. The van der Waals surface area contributed by atoms with Crippen LogP contribution >= 0.6 is 0 Å². The zero-order chi connectivity index (χ0) is 11.4. The number of carbonyl (C=O) groups is 2. The lowest BCUT2D eigenvalue weighted by Gasteiger charge is -2.37. The maximum absolute atomic E-state index is 11.0. The number of aliphatic carboxylic acids is 1. The fraction of sp³-hybridized carbons (Fsp3) is 0.800. The Morgan fingerprint density at radius 1 is 1.53 bits per heavy atom. The molecule has 0 spiro atoms. The molecule has 1 heterocycles. The summed E-state index contributed by atoms with van der Waals surface area (Å²) in [6.07, 6.45) is 3.01. The van der Waals surface area contributed by atoms with E-state index in [1.807, 2.05) is 11.8 Å². The summed E-state index contributed by atoms with van der Waals surface area (Å²) in [6, 6.07) is -0.531. The average Bonchev–Trinajstić information content (AvgIpc) is 2.15. The number of amides is 1. The molecule has 5 heteroatoms. The van der Waals surface area contributed by atoms with Gasteiger partial charge in [-0.05, 0) is 26.3 Å². The van der Waals surface area contributed by atoms with Crippen LogP contribution in [0.3, 0.4) is 0 Å². The number of carbonyl (C=O) groups excluding carboxylic acids is 1. The number of piperidine rings is 1. The summed E-state index contributed by atoms with van der Waals surface area (Å²) in [4.78, 5) is 23.7. The molecule has 86 valence electrons. The van der Waals surface area contributed by atoms with E-state index >= 15 is 0 Å². The summed E-state index contributed by atoms with van der Waals surface area (Å²) in [7, 11) is 0. The van der Waals surface area contributed by atoms with Crippen LogP contribution in [0.2, 0.25) is 0 Å². The molecule has 0 bridgehead atoms. The Kier molecular flexibility index (Phi) is 4.08. The molecule has 1 rings (SSSR count). The van der Waals surface area contributed by atoms with Crippen LogP contribution in [-0.4, -0.2) is 40.5 Å². The summed E-state index contributed by atoms with van der Waals surface area (Å²) >= 11 is 0. The van der Waals surface area contributed by atoms with Gasteiger partial charge in [0.05, 0.1) is 6.42 Å². The predicted octanol–water partition coefficient (Wildman–Crippen LogP) is 0.189. The summed E-state index contributed by atoms with van der Waals surface area (Å²) in [5.74, 6) is -1.51. The minimum absolute atomic E-state index is 0.0975. The fourth-order valence-corrected chi connectivity index (χ4v) is 2.12. The van der Waals surface area contributed by atoms with E-state index in [4.69, 9.17) is 10.8 Å². The number of carboxylic acids is 1. The number of hydrogen-bond donors (Lipinski definition) is 2. The SMILES string of the molecule is CC1CCCCN1C(CC(N)=O)C(=O)O. The summed E-state index contributed by atoms with van der Waals surface area (Å²) in [5, 5.41) is 9.04. The van der Waals surface area contributed by atoms with Crippen LogP contribution in [0, 0.1) is 0 Å². The third kappa shape index (κ3) is 3.20. The maximum atomic E-state index is 11.0. The number of carboxylic acid groups (broad SMARTS) is 1. The summed E-state index contributed by atoms with van der Waals surface area (Å²) in [5.41, 5.74) is 5.05. The molecular weight excluding hydrogens is 196 g/mol. The van der Waals surface area contributed by atoms with E-state index in [2.05, 4.69) is 0 Å². The Morgan fingerprint density at radius 2 is 2.20 bits per heavy atom. The van der Waals surface area contributed by atoms with Crippen molar-refractivity contribution >= 4 is 11.9 Å². The predicted molar refractivity (Wildman–Crippen MR) is 55.3 cm³/mol. The van der Waals surface area contributed by atoms with E-state index in [-0.39, 0.29) is 12.5 Å². The molecule has 1 saturated heterocycles. The number of nitrogens with zero attached hydrogens (tertiary/aromatic N) is 1. The number of nitrogens with two attached hydrogens (primary N) is 1. The van der Waals surface area contributed by atoms with Gasteiger partial charge >= 0.3 is 5.97 Å².